The van der Waals surface area contributed by atoms with E-state index in [-0.39, 0.29) is 5.78 Å². The number of ketones is 2. The normalized spacial score (nSPS) is 18.6. The van der Waals surface area contributed by atoms with Gasteiger partial charge >= 0.3 is 0 Å². The fourth-order valence-electron chi connectivity index (χ4n) is 4.30. The maximum Gasteiger partial charge on any atom is 0.295 e. The maximum atomic E-state index is 13.4. The van der Waals surface area contributed by atoms with Crippen molar-refractivity contribution in [2.75, 3.05) is 23.9 Å². The quantitative estimate of drug-likeness (QED) is 0.430. The first-order valence-electron chi connectivity index (χ1n) is 10.8. The van der Waals surface area contributed by atoms with E-state index in [2.05, 4.69) is 5.16 Å². The van der Waals surface area contributed by atoms with Crippen LogP contribution in [0.4, 0.5) is 11.4 Å². The van der Waals surface area contributed by atoms with E-state index in [9.17, 15) is 14.4 Å². The summed E-state index contributed by atoms with van der Waals surface area (Å²) in [6.45, 7) is 5.33. The number of nitrogens with zero attached hydrogens (tertiary/aromatic N) is 3. The Balaban J connectivity index is 1.87. The van der Waals surface area contributed by atoms with Crippen LogP contribution in [0.25, 0.3) is 11.3 Å². The van der Waals surface area contributed by atoms with Gasteiger partial charge in [-0.2, -0.15) is 0 Å². The van der Waals surface area contributed by atoms with Gasteiger partial charge in [-0.05, 0) is 23.8 Å². The van der Waals surface area contributed by atoms with Crippen LogP contribution in [-0.2, 0) is 14.4 Å². The van der Waals surface area contributed by atoms with E-state index in [0.717, 1.165) is 16.8 Å². The SMILES string of the molecule is CN(C)c1ccccc1C1C(C(=O)C(C)(C)C)C(=O)C(=O)N1c1ccc(-c2ccon2)cc1. The van der Waals surface area contributed by atoms with Crippen LogP contribution in [0.2, 0.25) is 0 Å². The molecule has 33 heavy (non-hydrogen) atoms. The molecule has 1 fully saturated rings. The molecule has 7 heteroatoms. The summed E-state index contributed by atoms with van der Waals surface area (Å²) in [5.74, 6) is -2.69. The van der Waals surface area contributed by atoms with E-state index in [4.69, 9.17) is 4.52 Å². The minimum absolute atomic E-state index is 0.249. The van der Waals surface area contributed by atoms with Gasteiger partial charge in [-0.3, -0.25) is 19.3 Å². The summed E-state index contributed by atoms with van der Waals surface area (Å²) in [4.78, 5) is 43.4. The highest BCUT2D eigenvalue weighted by molar-refractivity contribution is 6.48. The van der Waals surface area contributed by atoms with Crippen LogP contribution in [0, 0.1) is 11.3 Å². The number of anilines is 2. The predicted octanol–water partition coefficient (Wildman–Crippen LogP) is 4.30. The molecule has 3 aromatic rings. The predicted molar refractivity (Wildman–Crippen MR) is 126 cm³/mol. The van der Waals surface area contributed by atoms with Crippen LogP contribution in [0.1, 0.15) is 32.4 Å². The summed E-state index contributed by atoms with van der Waals surface area (Å²) < 4.78 is 4.91. The smallest absolute Gasteiger partial charge is 0.295 e. The van der Waals surface area contributed by atoms with Gasteiger partial charge in [0.25, 0.3) is 5.91 Å². The Morgan fingerprint density at radius 1 is 1.00 bits per heavy atom. The molecule has 1 saturated heterocycles. The molecule has 0 aliphatic carbocycles. The number of amides is 1. The molecule has 2 aromatic carbocycles. The van der Waals surface area contributed by atoms with Gasteiger partial charge < -0.3 is 9.42 Å². The van der Waals surface area contributed by atoms with Crippen molar-refractivity contribution in [3.8, 4) is 11.3 Å². The molecule has 2 unspecified atom stereocenters. The van der Waals surface area contributed by atoms with Crippen molar-refractivity contribution in [1.29, 1.82) is 0 Å². The van der Waals surface area contributed by atoms with Gasteiger partial charge in [0.05, 0.1) is 6.04 Å². The lowest BCUT2D eigenvalue weighted by Crippen LogP contribution is -2.36. The summed E-state index contributed by atoms with van der Waals surface area (Å²) in [5, 5.41) is 3.94. The van der Waals surface area contributed by atoms with Crippen molar-refractivity contribution in [3.05, 3.63) is 66.4 Å². The van der Waals surface area contributed by atoms with E-state index in [0.29, 0.717) is 11.4 Å². The number of hydrogen-bond donors (Lipinski definition) is 0. The molecule has 1 amide bonds. The third-order valence-electron chi connectivity index (χ3n) is 5.94. The maximum absolute atomic E-state index is 13.4. The van der Waals surface area contributed by atoms with Gasteiger partial charge in [0.15, 0.2) is 5.78 Å². The van der Waals surface area contributed by atoms with Gasteiger partial charge in [0, 0.05) is 42.5 Å². The highest BCUT2D eigenvalue weighted by Crippen LogP contribution is 2.45. The largest absolute Gasteiger partial charge is 0.377 e. The summed E-state index contributed by atoms with van der Waals surface area (Å²) in [5.41, 5.74) is 2.85. The third kappa shape index (κ3) is 3.95. The van der Waals surface area contributed by atoms with Crippen LogP contribution < -0.4 is 9.80 Å². The lowest BCUT2D eigenvalue weighted by Gasteiger charge is -2.32. The molecule has 0 N–H and O–H groups in total. The molecule has 7 nitrogen and oxygen atoms in total. The van der Waals surface area contributed by atoms with Crippen LogP contribution in [0.3, 0.4) is 0 Å². The molecular formula is C26H27N3O4. The van der Waals surface area contributed by atoms with Gasteiger partial charge in [-0.15, -0.1) is 0 Å². The molecule has 1 aliphatic heterocycles. The fraction of sp³-hybridized carbons (Fsp3) is 0.308. The molecule has 0 saturated carbocycles. The molecular weight excluding hydrogens is 418 g/mol. The number of Topliss-reactive ketones (excluding diaryl/α,β-unsaturated/α-hetero) is 2. The first kappa shape index (κ1) is 22.5. The first-order valence-corrected chi connectivity index (χ1v) is 10.8. The highest BCUT2D eigenvalue weighted by atomic mass is 16.5. The van der Waals surface area contributed by atoms with Crippen LogP contribution >= 0.6 is 0 Å². The molecule has 1 aromatic heterocycles. The zero-order chi connectivity index (χ0) is 23.9. The Labute approximate surface area is 193 Å². The number of benzene rings is 2. The van der Waals surface area contributed by atoms with Crippen LogP contribution in [0.15, 0.2) is 65.4 Å². The van der Waals surface area contributed by atoms with Crippen LogP contribution in [-0.4, -0.2) is 36.7 Å². The summed E-state index contributed by atoms with van der Waals surface area (Å²) in [7, 11) is 3.80. The average molecular weight is 446 g/mol. The van der Waals surface area contributed by atoms with Crippen molar-refractivity contribution in [2.24, 2.45) is 11.3 Å². The Hall–Kier alpha value is -3.74. The van der Waals surface area contributed by atoms with E-state index in [1.54, 1.807) is 39.0 Å². The number of carbonyl (C=O) groups excluding carboxylic acids is 3. The second-order valence-corrected chi connectivity index (χ2v) is 9.46. The zero-order valence-electron chi connectivity index (χ0n) is 19.4. The number of rotatable bonds is 5. The molecule has 0 spiro atoms. The molecule has 0 bridgehead atoms. The zero-order valence-corrected chi connectivity index (χ0v) is 19.4. The second kappa shape index (κ2) is 8.31. The molecule has 2 atom stereocenters. The van der Waals surface area contributed by atoms with Crippen molar-refractivity contribution in [3.63, 3.8) is 0 Å². The molecule has 0 radical (unpaired) electrons. The van der Waals surface area contributed by atoms with E-state index in [1.807, 2.05) is 55.4 Å². The van der Waals surface area contributed by atoms with Gasteiger partial charge in [0.2, 0.25) is 5.78 Å². The number of carbonyl (C=O) groups is 3. The minimum Gasteiger partial charge on any atom is -0.377 e. The third-order valence-corrected chi connectivity index (χ3v) is 5.94. The standard InChI is InChI=1S/C26H27N3O4/c1-26(2,3)24(31)21-22(18-8-6-7-9-20(18)28(4)5)29(25(32)23(21)30)17-12-10-16(11-13-17)19-14-15-33-27-19/h6-15,21-22H,1-5H3. The molecule has 170 valence electrons. The summed E-state index contributed by atoms with van der Waals surface area (Å²) in [6, 6.07) is 15.7. The Kier molecular flexibility index (Phi) is 5.66. The summed E-state index contributed by atoms with van der Waals surface area (Å²) >= 11 is 0. The minimum atomic E-state index is -1.09. The van der Waals surface area contributed by atoms with Gasteiger partial charge in [-0.25, -0.2) is 0 Å². The van der Waals surface area contributed by atoms with Gasteiger partial charge in [0.1, 0.15) is 17.9 Å². The molecule has 2 heterocycles. The van der Waals surface area contributed by atoms with E-state index in [1.165, 1.54) is 11.2 Å². The Morgan fingerprint density at radius 2 is 1.67 bits per heavy atom. The highest BCUT2D eigenvalue weighted by Gasteiger charge is 2.54. The van der Waals surface area contributed by atoms with Crippen molar-refractivity contribution >= 4 is 28.8 Å². The number of aromatic nitrogens is 1. The summed E-state index contributed by atoms with van der Waals surface area (Å²) in [6.07, 6.45) is 1.49. The van der Waals surface area contributed by atoms with Gasteiger partial charge in [-0.1, -0.05) is 56.3 Å². The fourth-order valence-corrected chi connectivity index (χ4v) is 4.30. The van der Waals surface area contributed by atoms with Crippen molar-refractivity contribution < 1.29 is 18.9 Å². The number of para-hydroxylation sites is 1. The van der Waals surface area contributed by atoms with E-state index < -0.39 is 29.1 Å². The monoisotopic (exact) mass is 445 g/mol. The average Bonchev–Trinajstić information content (AvgIpc) is 3.40. The number of hydrogen-bond acceptors (Lipinski definition) is 6. The van der Waals surface area contributed by atoms with Crippen LogP contribution in [0.5, 0.6) is 0 Å². The van der Waals surface area contributed by atoms with E-state index >= 15 is 0 Å². The molecule has 4 rings (SSSR count). The van der Waals surface area contributed by atoms with Crippen molar-refractivity contribution in [2.45, 2.75) is 26.8 Å². The lowest BCUT2D eigenvalue weighted by molar-refractivity contribution is -0.141. The topological polar surface area (TPSA) is 83.7 Å². The Morgan fingerprint density at radius 3 is 2.24 bits per heavy atom. The van der Waals surface area contributed by atoms with Crippen molar-refractivity contribution in [1.82, 2.24) is 5.16 Å². The lowest BCUT2D eigenvalue weighted by atomic mass is 9.77. The second-order valence-electron chi connectivity index (χ2n) is 9.46. The molecule has 1 aliphatic rings. The first-order chi connectivity index (χ1) is 15.6. The Bertz CT molecular complexity index is 1190.